The normalized spacial score (nSPS) is 12.4. The van der Waals surface area contributed by atoms with Gasteiger partial charge >= 0.3 is 12.1 Å². The third-order valence-corrected chi connectivity index (χ3v) is 4.55. The maximum Gasteiger partial charge on any atom is 0.416 e. The molecule has 0 saturated heterocycles. The van der Waals surface area contributed by atoms with E-state index in [1.165, 1.54) is 0 Å². The molecule has 1 atom stereocenters. The first-order valence-electron chi connectivity index (χ1n) is 7.12. The van der Waals surface area contributed by atoms with Gasteiger partial charge in [-0.15, -0.1) is 0 Å². The zero-order valence-corrected chi connectivity index (χ0v) is 13.9. The van der Waals surface area contributed by atoms with Gasteiger partial charge in [0, 0.05) is 6.07 Å². The Balaban J connectivity index is 2.11. The lowest BCUT2D eigenvalue weighted by Gasteiger charge is -2.09. The van der Waals surface area contributed by atoms with Gasteiger partial charge in [-0.25, -0.2) is 0 Å². The Morgan fingerprint density at radius 1 is 1.15 bits per heavy atom. The van der Waals surface area contributed by atoms with Crippen molar-refractivity contribution in [2.75, 3.05) is 5.75 Å². The number of benzene rings is 2. The number of nitro groups is 1. The fourth-order valence-electron chi connectivity index (χ4n) is 1.99. The van der Waals surface area contributed by atoms with Crippen molar-refractivity contribution in [3.05, 3.63) is 69.8 Å². The largest absolute Gasteiger partial charge is 0.460 e. The monoisotopic (exact) mass is 387 g/mol. The van der Waals surface area contributed by atoms with Gasteiger partial charge in [-0.1, -0.05) is 30.3 Å². The van der Waals surface area contributed by atoms with Crippen LogP contribution in [0.2, 0.25) is 0 Å². The second-order valence-electron chi connectivity index (χ2n) is 5.07. The second kappa shape index (κ2) is 8.09. The highest BCUT2D eigenvalue weighted by atomic mass is 32.2. The highest BCUT2D eigenvalue weighted by Crippen LogP contribution is 2.34. The summed E-state index contributed by atoms with van der Waals surface area (Å²) in [7, 11) is -2.22. The predicted molar refractivity (Wildman–Crippen MR) is 85.6 cm³/mol. The van der Waals surface area contributed by atoms with Crippen LogP contribution in [-0.2, 0) is 33.1 Å². The van der Waals surface area contributed by atoms with Gasteiger partial charge in [0.15, 0.2) is 0 Å². The highest BCUT2D eigenvalue weighted by molar-refractivity contribution is 7.85. The Labute approximate surface area is 148 Å². The van der Waals surface area contributed by atoms with E-state index in [9.17, 15) is 32.3 Å². The standard InChI is InChI=1S/C16H12F3NO5S/c17-16(18,19)12-6-7-14(13(8-12)20(22)23)26(24)10-15(21)25-9-11-4-2-1-3-5-11/h1-8H,9-10H2. The lowest BCUT2D eigenvalue weighted by atomic mass is 10.2. The molecule has 0 bridgehead atoms. The number of hydrogen-bond acceptors (Lipinski definition) is 5. The average Bonchev–Trinajstić information content (AvgIpc) is 2.59. The predicted octanol–water partition coefficient (Wildman–Crippen LogP) is 3.46. The van der Waals surface area contributed by atoms with E-state index < -0.39 is 49.8 Å². The van der Waals surface area contributed by atoms with Crippen LogP contribution in [0.25, 0.3) is 0 Å². The van der Waals surface area contributed by atoms with Crippen LogP contribution in [0.15, 0.2) is 53.4 Å². The molecule has 2 rings (SSSR count). The van der Waals surface area contributed by atoms with Crippen LogP contribution in [-0.4, -0.2) is 20.9 Å². The lowest BCUT2D eigenvalue weighted by molar-refractivity contribution is -0.388. The van der Waals surface area contributed by atoms with E-state index in [0.717, 1.165) is 6.07 Å². The molecule has 0 aliphatic carbocycles. The molecule has 26 heavy (non-hydrogen) atoms. The second-order valence-corrected chi connectivity index (χ2v) is 6.49. The summed E-state index contributed by atoms with van der Waals surface area (Å²) in [5.74, 6) is -1.60. The van der Waals surface area contributed by atoms with Crippen LogP contribution >= 0.6 is 0 Å². The number of esters is 1. The first kappa shape index (κ1) is 19.6. The summed E-state index contributed by atoms with van der Waals surface area (Å²) in [6.07, 6.45) is -4.78. The van der Waals surface area contributed by atoms with Gasteiger partial charge in [0.25, 0.3) is 5.69 Å². The molecule has 1 unspecified atom stereocenters. The van der Waals surface area contributed by atoms with Gasteiger partial charge in [-0.2, -0.15) is 13.2 Å². The molecule has 2 aromatic rings. The van der Waals surface area contributed by atoms with Crippen molar-refractivity contribution in [1.29, 1.82) is 0 Å². The molecule has 0 spiro atoms. The van der Waals surface area contributed by atoms with Crippen LogP contribution in [0.3, 0.4) is 0 Å². The molecule has 0 radical (unpaired) electrons. The molecule has 0 fully saturated rings. The highest BCUT2D eigenvalue weighted by Gasteiger charge is 2.34. The fraction of sp³-hybridized carbons (Fsp3) is 0.188. The number of rotatable bonds is 6. The summed E-state index contributed by atoms with van der Waals surface area (Å²) >= 11 is 0. The SMILES string of the molecule is O=C(CS(=O)c1ccc(C(F)(F)F)cc1[N+](=O)[O-])OCc1ccccc1. The van der Waals surface area contributed by atoms with Gasteiger partial charge in [-0.05, 0) is 17.7 Å². The van der Waals surface area contributed by atoms with Crippen molar-refractivity contribution in [1.82, 2.24) is 0 Å². The Morgan fingerprint density at radius 3 is 2.38 bits per heavy atom. The Kier molecular flexibility index (Phi) is 6.09. The summed E-state index contributed by atoms with van der Waals surface area (Å²) in [6, 6.07) is 10.2. The summed E-state index contributed by atoms with van der Waals surface area (Å²) < 4.78 is 55.1. The summed E-state index contributed by atoms with van der Waals surface area (Å²) in [5.41, 5.74) is -1.52. The molecule has 0 heterocycles. The summed E-state index contributed by atoms with van der Waals surface area (Å²) in [5, 5.41) is 11.0. The fourth-order valence-corrected chi connectivity index (χ4v) is 3.03. The zero-order valence-electron chi connectivity index (χ0n) is 13.1. The molecule has 10 heteroatoms. The number of alkyl halides is 3. The number of carbonyl (C=O) groups is 1. The smallest absolute Gasteiger partial charge is 0.416 e. The van der Waals surface area contributed by atoms with Crippen molar-refractivity contribution < 1.29 is 31.8 Å². The van der Waals surface area contributed by atoms with Crippen molar-refractivity contribution in [3.8, 4) is 0 Å². The maximum atomic E-state index is 12.7. The molecule has 0 aliphatic rings. The van der Waals surface area contributed by atoms with E-state index in [1.807, 2.05) is 0 Å². The summed E-state index contributed by atoms with van der Waals surface area (Å²) in [4.78, 5) is 21.2. The Bertz CT molecular complexity index is 840. The number of ether oxygens (including phenoxy) is 1. The van der Waals surface area contributed by atoms with E-state index in [1.54, 1.807) is 30.3 Å². The first-order valence-corrected chi connectivity index (χ1v) is 8.44. The molecule has 6 nitrogen and oxygen atoms in total. The lowest BCUT2D eigenvalue weighted by Crippen LogP contribution is -2.15. The van der Waals surface area contributed by atoms with Gasteiger partial charge in [0.2, 0.25) is 0 Å². The maximum absolute atomic E-state index is 12.7. The van der Waals surface area contributed by atoms with E-state index in [0.29, 0.717) is 17.7 Å². The topological polar surface area (TPSA) is 86.5 Å². The molecular formula is C16H12F3NO5S. The minimum Gasteiger partial charge on any atom is -0.460 e. The average molecular weight is 387 g/mol. The third-order valence-electron chi connectivity index (χ3n) is 3.22. The summed E-state index contributed by atoms with van der Waals surface area (Å²) in [6.45, 7) is -0.0774. The Hall–Kier alpha value is -2.75. The van der Waals surface area contributed by atoms with E-state index in [-0.39, 0.29) is 6.61 Å². The van der Waals surface area contributed by atoms with Gasteiger partial charge < -0.3 is 4.74 Å². The van der Waals surface area contributed by atoms with Crippen molar-refractivity contribution in [2.24, 2.45) is 0 Å². The number of carbonyl (C=O) groups excluding carboxylic acids is 1. The molecule has 0 aliphatic heterocycles. The van der Waals surface area contributed by atoms with Gasteiger partial charge in [-0.3, -0.25) is 19.1 Å². The van der Waals surface area contributed by atoms with Crippen LogP contribution in [0, 0.1) is 10.1 Å². The van der Waals surface area contributed by atoms with E-state index in [4.69, 9.17) is 4.74 Å². The molecule has 0 N–H and O–H groups in total. The van der Waals surface area contributed by atoms with Crippen LogP contribution < -0.4 is 0 Å². The molecule has 138 valence electrons. The van der Waals surface area contributed by atoms with Crippen molar-refractivity contribution >= 4 is 22.5 Å². The number of halogens is 3. The quantitative estimate of drug-likeness (QED) is 0.430. The molecule has 0 amide bonds. The minimum absolute atomic E-state index is 0.0774. The number of nitrogens with zero attached hydrogens (tertiary/aromatic N) is 1. The third kappa shape index (κ3) is 5.12. The van der Waals surface area contributed by atoms with Crippen molar-refractivity contribution in [2.45, 2.75) is 17.7 Å². The van der Waals surface area contributed by atoms with Crippen LogP contribution in [0.1, 0.15) is 11.1 Å². The molecular weight excluding hydrogens is 375 g/mol. The Morgan fingerprint density at radius 2 is 1.81 bits per heavy atom. The number of hydrogen-bond donors (Lipinski definition) is 0. The van der Waals surface area contributed by atoms with Gasteiger partial charge in [0.1, 0.15) is 17.3 Å². The van der Waals surface area contributed by atoms with Crippen molar-refractivity contribution in [3.63, 3.8) is 0 Å². The van der Waals surface area contributed by atoms with Gasteiger partial charge in [0.05, 0.1) is 21.3 Å². The van der Waals surface area contributed by atoms with Crippen LogP contribution in [0.5, 0.6) is 0 Å². The molecule has 0 saturated carbocycles. The van der Waals surface area contributed by atoms with E-state index >= 15 is 0 Å². The van der Waals surface area contributed by atoms with Crippen LogP contribution in [0.4, 0.5) is 18.9 Å². The first-order chi connectivity index (χ1) is 12.2. The zero-order chi connectivity index (χ0) is 19.3. The minimum atomic E-state index is -4.78. The molecule has 2 aromatic carbocycles. The molecule has 0 aromatic heterocycles. The van der Waals surface area contributed by atoms with E-state index in [2.05, 4.69) is 0 Å². The number of nitro benzene ring substituents is 1.